The Morgan fingerprint density at radius 2 is 2.12 bits per heavy atom. The summed E-state index contributed by atoms with van der Waals surface area (Å²) in [6.07, 6.45) is 4.53. The molecule has 1 fully saturated rings. The molecule has 1 atom stereocenters. The third kappa shape index (κ3) is 3.46. The molecule has 0 radical (unpaired) electrons. The van der Waals surface area contributed by atoms with Gasteiger partial charge in [-0.3, -0.25) is 0 Å². The molecule has 2 aromatic rings. The number of aromatic nitrogens is 2. The van der Waals surface area contributed by atoms with E-state index in [1.54, 1.807) is 6.33 Å². The predicted molar refractivity (Wildman–Crippen MR) is 94.2 cm³/mol. The molecule has 25 heavy (non-hydrogen) atoms. The van der Waals surface area contributed by atoms with Crippen LogP contribution in [0.15, 0.2) is 30.6 Å². The van der Waals surface area contributed by atoms with E-state index in [0.29, 0.717) is 6.79 Å². The molecule has 1 aromatic carbocycles. The lowest BCUT2D eigenvalue weighted by Gasteiger charge is -2.24. The van der Waals surface area contributed by atoms with Crippen LogP contribution in [-0.4, -0.2) is 47.6 Å². The minimum absolute atomic E-state index is 0.163. The van der Waals surface area contributed by atoms with Gasteiger partial charge in [0.15, 0.2) is 11.5 Å². The van der Waals surface area contributed by atoms with Gasteiger partial charge < -0.3 is 24.8 Å². The number of anilines is 2. The van der Waals surface area contributed by atoms with Crippen LogP contribution < -0.4 is 19.7 Å². The molecule has 1 aromatic heterocycles. The molecule has 4 rings (SSSR count). The van der Waals surface area contributed by atoms with Crippen molar-refractivity contribution >= 4 is 11.6 Å². The van der Waals surface area contributed by atoms with E-state index in [4.69, 9.17) is 9.47 Å². The smallest absolute Gasteiger partial charge is 0.231 e. The number of aliphatic hydroxyl groups excluding tert-OH is 1. The Morgan fingerprint density at radius 3 is 3.04 bits per heavy atom. The second kappa shape index (κ2) is 7.14. The lowest BCUT2D eigenvalue weighted by atomic mass is 10.1. The van der Waals surface area contributed by atoms with E-state index < -0.39 is 0 Å². The van der Waals surface area contributed by atoms with Crippen molar-refractivity contribution in [2.45, 2.75) is 25.3 Å². The van der Waals surface area contributed by atoms with E-state index in [-0.39, 0.29) is 12.6 Å². The number of aliphatic hydroxyl groups is 1. The first-order valence-electron chi connectivity index (χ1n) is 8.65. The Hall–Kier alpha value is -2.54. The highest BCUT2D eigenvalue weighted by atomic mass is 16.7. The van der Waals surface area contributed by atoms with Gasteiger partial charge in [0.25, 0.3) is 0 Å². The highest BCUT2D eigenvalue weighted by Gasteiger charge is 2.25. The van der Waals surface area contributed by atoms with Crippen LogP contribution in [0.2, 0.25) is 0 Å². The molecule has 3 heterocycles. The van der Waals surface area contributed by atoms with Crippen LogP contribution in [0.1, 0.15) is 18.4 Å². The molecule has 1 saturated heterocycles. The van der Waals surface area contributed by atoms with Gasteiger partial charge in [-0.05, 0) is 37.0 Å². The lowest BCUT2D eigenvalue weighted by molar-refractivity contribution is 0.174. The standard InChI is InChI=1S/C18H22N4O3/c23-10-14-2-1-7-22(14)18-9-17(20-11-21-18)19-6-5-13-3-4-15-16(8-13)25-12-24-15/h3-4,8-9,11,14,23H,1-2,5-7,10,12H2,(H,19,20,21). The van der Waals surface area contributed by atoms with E-state index in [2.05, 4.69) is 26.3 Å². The van der Waals surface area contributed by atoms with Crippen molar-refractivity contribution in [3.63, 3.8) is 0 Å². The molecule has 0 amide bonds. The van der Waals surface area contributed by atoms with E-state index in [9.17, 15) is 5.11 Å². The van der Waals surface area contributed by atoms with Gasteiger partial charge >= 0.3 is 0 Å². The van der Waals surface area contributed by atoms with Crippen LogP contribution in [-0.2, 0) is 6.42 Å². The quantitative estimate of drug-likeness (QED) is 0.829. The molecule has 0 aliphatic carbocycles. The van der Waals surface area contributed by atoms with E-state index >= 15 is 0 Å². The van der Waals surface area contributed by atoms with Crippen molar-refractivity contribution in [2.24, 2.45) is 0 Å². The maximum absolute atomic E-state index is 9.48. The number of nitrogens with zero attached hydrogens (tertiary/aromatic N) is 3. The molecule has 2 aliphatic rings. The maximum atomic E-state index is 9.48. The monoisotopic (exact) mass is 342 g/mol. The van der Waals surface area contributed by atoms with Crippen LogP contribution in [0.5, 0.6) is 11.5 Å². The van der Waals surface area contributed by atoms with Gasteiger partial charge in [0.1, 0.15) is 18.0 Å². The zero-order valence-corrected chi connectivity index (χ0v) is 14.0. The minimum atomic E-state index is 0.163. The summed E-state index contributed by atoms with van der Waals surface area (Å²) in [6.45, 7) is 2.15. The van der Waals surface area contributed by atoms with Crippen molar-refractivity contribution in [3.8, 4) is 11.5 Å². The Bertz CT molecular complexity index is 740. The third-order valence-electron chi connectivity index (χ3n) is 4.69. The molecule has 132 valence electrons. The zero-order valence-electron chi connectivity index (χ0n) is 14.0. The first-order valence-corrected chi connectivity index (χ1v) is 8.65. The maximum Gasteiger partial charge on any atom is 0.231 e. The van der Waals surface area contributed by atoms with E-state index in [1.165, 1.54) is 5.56 Å². The van der Waals surface area contributed by atoms with E-state index in [1.807, 2.05) is 18.2 Å². The first kappa shape index (κ1) is 16.0. The highest BCUT2D eigenvalue weighted by Crippen LogP contribution is 2.32. The number of hydrogen-bond acceptors (Lipinski definition) is 7. The average molecular weight is 342 g/mol. The second-order valence-electron chi connectivity index (χ2n) is 6.30. The topological polar surface area (TPSA) is 79.7 Å². The summed E-state index contributed by atoms with van der Waals surface area (Å²) in [6, 6.07) is 8.13. The number of ether oxygens (including phenoxy) is 2. The largest absolute Gasteiger partial charge is 0.454 e. The zero-order chi connectivity index (χ0) is 17.1. The molecular formula is C18H22N4O3. The van der Waals surface area contributed by atoms with Gasteiger partial charge in [-0.1, -0.05) is 6.07 Å². The lowest BCUT2D eigenvalue weighted by Crippen LogP contribution is -2.32. The fourth-order valence-electron chi connectivity index (χ4n) is 3.36. The van der Waals surface area contributed by atoms with Gasteiger partial charge in [0.2, 0.25) is 6.79 Å². The molecule has 7 heteroatoms. The third-order valence-corrected chi connectivity index (χ3v) is 4.69. The number of benzene rings is 1. The summed E-state index contributed by atoms with van der Waals surface area (Å²) in [5, 5.41) is 12.8. The van der Waals surface area contributed by atoms with Crippen LogP contribution in [0.4, 0.5) is 11.6 Å². The number of hydrogen-bond donors (Lipinski definition) is 2. The molecule has 2 aliphatic heterocycles. The summed E-state index contributed by atoms with van der Waals surface area (Å²) in [5.74, 6) is 3.29. The molecule has 1 unspecified atom stereocenters. The number of nitrogens with one attached hydrogen (secondary N) is 1. The van der Waals surface area contributed by atoms with Crippen molar-refractivity contribution in [1.29, 1.82) is 0 Å². The Labute approximate surface area is 146 Å². The molecule has 2 N–H and O–H groups in total. The summed E-state index contributed by atoms with van der Waals surface area (Å²) < 4.78 is 10.7. The van der Waals surface area contributed by atoms with Crippen molar-refractivity contribution in [2.75, 3.05) is 36.7 Å². The highest BCUT2D eigenvalue weighted by molar-refractivity contribution is 5.50. The predicted octanol–water partition coefficient (Wildman–Crippen LogP) is 1.82. The summed E-state index contributed by atoms with van der Waals surface area (Å²) in [4.78, 5) is 10.8. The average Bonchev–Trinajstić information content (AvgIpc) is 3.30. The van der Waals surface area contributed by atoms with Crippen LogP contribution in [0, 0.1) is 0 Å². The van der Waals surface area contributed by atoms with Crippen molar-refractivity contribution in [1.82, 2.24) is 9.97 Å². The molecular weight excluding hydrogens is 320 g/mol. The van der Waals surface area contributed by atoms with Gasteiger partial charge in [-0.2, -0.15) is 0 Å². The van der Waals surface area contributed by atoms with Crippen LogP contribution >= 0.6 is 0 Å². The van der Waals surface area contributed by atoms with Gasteiger partial charge in [0, 0.05) is 19.2 Å². The van der Waals surface area contributed by atoms with Gasteiger partial charge in [-0.15, -0.1) is 0 Å². The number of rotatable bonds is 6. The summed E-state index contributed by atoms with van der Waals surface area (Å²) in [7, 11) is 0. The molecule has 0 bridgehead atoms. The fourth-order valence-corrected chi connectivity index (χ4v) is 3.36. The van der Waals surface area contributed by atoms with E-state index in [0.717, 1.165) is 55.5 Å². The van der Waals surface area contributed by atoms with Crippen molar-refractivity contribution in [3.05, 3.63) is 36.2 Å². The fraction of sp³-hybridized carbons (Fsp3) is 0.444. The van der Waals surface area contributed by atoms with Gasteiger partial charge in [-0.25, -0.2) is 9.97 Å². The Morgan fingerprint density at radius 1 is 1.20 bits per heavy atom. The minimum Gasteiger partial charge on any atom is -0.454 e. The normalized spacial score (nSPS) is 18.6. The Balaban J connectivity index is 1.36. The molecule has 0 spiro atoms. The summed E-state index contributed by atoms with van der Waals surface area (Å²) >= 11 is 0. The number of fused-ring (bicyclic) bond motifs is 1. The molecule has 0 saturated carbocycles. The molecule has 7 nitrogen and oxygen atoms in total. The second-order valence-corrected chi connectivity index (χ2v) is 6.30. The van der Waals surface area contributed by atoms with Crippen LogP contribution in [0.3, 0.4) is 0 Å². The first-order chi connectivity index (χ1) is 12.3. The van der Waals surface area contributed by atoms with Crippen LogP contribution in [0.25, 0.3) is 0 Å². The van der Waals surface area contributed by atoms with Gasteiger partial charge in [0.05, 0.1) is 12.6 Å². The van der Waals surface area contributed by atoms with Crippen molar-refractivity contribution < 1.29 is 14.6 Å². The Kier molecular flexibility index (Phi) is 4.56. The SMILES string of the molecule is OCC1CCCN1c1cc(NCCc2ccc3c(c2)OCO3)ncn1. The summed E-state index contributed by atoms with van der Waals surface area (Å²) in [5.41, 5.74) is 1.19.